The lowest BCUT2D eigenvalue weighted by molar-refractivity contribution is 0.0699. The van der Waals surface area contributed by atoms with Gasteiger partial charge in [0.25, 0.3) is 5.91 Å². The first-order valence-electron chi connectivity index (χ1n) is 6.14. The van der Waals surface area contributed by atoms with Crippen molar-refractivity contribution in [1.29, 1.82) is 0 Å². The molecule has 0 bridgehead atoms. The Bertz CT molecular complexity index is 478. The molecule has 0 aliphatic heterocycles. The second-order valence-electron chi connectivity index (χ2n) is 4.73. The monoisotopic (exact) mass is 267 g/mol. The number of hydrogen-bond donors (Lipinski definition) is 2. The number of aryl methyl sites for hydroxylation is 2. The highest BCUT2D eigenvalue weighted by atomic mass is 16.4. The Morgan fingerprint density at radius 3 is 2.68 bits per heavy atom. The first-order valence-corrected chi connectivity index (χ1v) is 6.14. The van der Waals surface area contributed by atoms with Crippen LogP contribution in [-0.4, -0.2) is 44.2 Å². The predicted octanol–water partition coefficient (Wildman–Crippen LogP) is 0.716. The lowest BCUT2D eigenvalue weighted by Gasteiger charge is -2.26. The van der Waals surface area contributed by atoms with Crippen molar-refractivity contribution in [3.63, 3.8) is 0 Å². The van der Waals surface area contributed by atoms with Crippen molar-refractivity contribution in [2.24, 2.45) is 17.9 Å². The van der Waals surface area contributed by atoms with Crippen LogP contribution in [0.15, 0.2) is 11.2 Å². The third-order valence-corrected chi connectivity index (χ3v) is 2.84. The molecule has 1 amide bonds. The van der Waals surface area contributed by atoms with Crippen LogP contribution in [0.4, 0.5) is 0 Å². The highest BCUT2D eigenvalue weighted by molar-refractivity contribution is 5.93. The lowest BCUT2D eigenvalue weighted by atomic mass is 10.2. The van der Waals surface area contributed by atoms with E-state index in [0.29, 0.717) is 18.7 Å². The molecule has 1 aromatic rings. The van der Waals surface area contributed by atoms with E-state index >= 15 is 0 Å². The molecule has 0 spiro atoms. The first kappa shape index (κ1) is 15.0. The van der Waals surface area contributed by atoms with Crippen molar-refractivity contribution >= 4 is 11.7 Å². The van der Waals surface area contributed by atoms with Gasteiger partial charge in [-0.2, -0.15) is 5.10 Å². The van der Waals surface area contributed by atoms with E-state index in [0.717, 1.165) is 5.69 Å². The minimum Gasteiger partial charge on any atom is -0.409 e. The van der Waals surface area contributed by atoms with Crippen molar-refractivity contribution in [3.8, 4) is 0 Å². The Morgan fingerprint density at radius 1 is 1.63 bits per heavy atom. The molecule has 7 heteroatoms. The predicted molar refractivity (Wildman–Crippen MR) is 72.1 cm³/mol. The quantitative estimate of drug-likeness (QED) is 0.355. The third kappa shape index (κ3) is 3.70. The van der Waals surface area contributed by atoms with Gasteiger partial charge in [-0.15, -0.1) is 0 Å². The molecule has 0 saturated carbocycles. The third-order valence-electron chi connectivity index (χ3n) is 2.84. The van der Waals surface area contributed by atoms with Gasteiger partial charge in [0.05, 0.1) is 5.69 Å². The molecule has 7 nitrogen and oxygen atoms in total. The minimum absolute atomic E-state index is 0.0224. The van der Waals surface area contributed by atoms with E-state index in [4.69, 9.17) is 10.9 Å². The average molecular weight is 267 g/mol. The summed E-state index contributed by atoms with van der Waals surface area (Å²) < 4.78 is 1.57. The summed E-state index contributed by atoms with van der Waals surface area (Å²) in [5, 5.41) is 15.6. The summed E-state index contributed by atoms with van der Waals surface area (Å²) in [6.07, 6.45) is 0.331. The Morgan fingerprint density at radius 2 is 2.26 bits per heavy atom. The molecule has 106 valence electrons. The summed E-state index contributed by atoms with van der Waals surface area (Å²) in [6.45, 7) is 6.09. The molecule has 0 fully saturated rings. The molecular formula is C12H21N5O2. The van der Waals surface area contributed by atoms with E-state index in [1.165, 1.54) is 0 Å². The first-order chi connectivity index (χ1) is 8.86. The molecular weight excluding hydrogens is 246 g/mol. The average Bonchev–Trinajstić information content (AvgIpc) is 2.67. The van der Waals surface area contributed by atoms with E-state index in [2.05, 4.69) is 10.3 Å². The Balaban J connectivity index is 2.87. The van der Waals surface area contributed by atoms with Crippen molar-refractivity contribution in [1.82, 2.24) is 14.7 Å². The van der Waals surface area contributed by atoms with Crippen molar-refractivity contribution in [2.45, 2.75) is 33.2 Å². The molecule has 3 N–H and O–H groups in total. The van der Waals surface area contributed by atoms with Gasteiger partial charge in [-0.25, -0.2) is 0 Å². The lowest BCUT2D eigenvalue weighted by Crippen LogP contribution is -2.40. The summed E-state index contributed by atoms with van der Waals surface area (Å²) in [5.74, 6) is 0.00322. The Labute approximate surface area is 112 Å². The smallest absolute Gasteiger partial charge is 0.272 e. The van der Waals surface area contributed by atoms with Gasteiger partial charge >= 0.3 is 0 Å². The molecule has 0 atom stereocenters. The van der Waals surface area contributed by atoms with Crippen LogP contribution in [0.3, 0.4) is 0 Å². The van der Waals surface area contributed by atoms with Gasteiger partial charge in [0.1, 0.15) is 11.5 Å². The summed E-state index contributed by atoms with van der Waals surface area (Å²) in [5.41, 5.74) is 6.77. The van der Waals surface area contributed by atoms with Crippen molar-refractivity contribution < 1.29 is 10.0 Å². The zero-order chi connectivity index (χ0) is 14.6. The van der Waals surface area contributed by atoms with Gasteiger partial charge in [-0.05, 0) is 26.8 Å². The van der Waals surface area contributed by atoms with Crippen molar-refractivity contribution in [3.05, 3.63) is 17.5 Å². The normalized spacial score (nSPS) is 11.9. The molecule has 1 rings (SSSR count). The molecule has 0 aromatic carbocycles. The van der Waals surface area contributed by atoms with Gasteiger partial charge in [0.15, 0.2) is 0 Å². The summed E-state index contributed by atoms with van der Waals surface area (Å²) >= 11 is 0. The van der Waals surface area contributed by atoms with Crippen LogP contribution in [-0.2, 0) is 7.05 Å². The molecule has 0 unspecified atom stereocenters. The van der Waals surface area contributed by atoms with Crippen LogP contribution in [0.2, 0.25) is 0 Å². The SMILES string of the molecule is Cc1cc(C(=O)N(CCC(N)=NO)C(C)C)n(C)n1. The van der Waals surface area contributed by atoms with E-state index in [-0.39, 0.29) is 17.8 Å². The number of amides is 1. The highest BCUT2D eigenvalue weighted by Crippen LogP contribution is 2.10. The number of carbonyl (C=O) groups is 1. The molecule has 0 aliphatic carbocycles. The van der Waals surface area contributed by atoms with Crippen LogP contribution < -0.4 is 5.73 Å². The van der Waals surface area contributed by atoms with Crippen LogP contribution in [0.1, 0.15) is 36.5 Å². The van der Waals surface area contributed by atoms with Gasteiger partial charge in [0, 0.05) is 26.1 Å². The largest absolute Gasteiger partial charge is 0.409 e. The van der Waals surface area contributed by atoms with E-state index in [1.807, 2.05) is 20.8 Å². The molecule has 0 saturated heterocycles. The topological polar surface area (TPSA) is 96.7 Å². The molecule has 19 heavy (non-hydrogen) atoms. The Kier molecular flexibility index (Phi) is 4.91. The van der Waals surface area contributed by atoms with Crippen LogP contribution >= 0.6 is 0 Å². The van der Waals surface area contributed by atoms with Gasteiger partial charge in [-0.3, -0.25) is 9.48 Å². The second-order valence-corrected chi connectivity index (χ2v) is 4.73. The zero-order valence-electron chi connectivity index (χ0n) is 11.8. The fourth-order valence-electron chi connectivity index (χ4n) is 1.84. The van der Waals surface area contributed by atoms with E-state index in [9.17, 15) is 4.79 Å². The highest BCUT2D eigenvalue weighted by Gasteiger charge is 2.22. The maximum absolute atomic E-state index is 12.4. The summed E-state index contributed by atoms with van der Waals surface area (Å²) in [6, 6.07) is 1.77. The fraction of sp³-hybridized carbons (Fsp3) is 0.583. The second kappa shape index (κ2) is 6.21. The molecule has 1 heterocycles. The number of aromatic nitrogens is 2. The van der Waals surface area contributed by atoms with Crippen molar-refractivity contribution in [2.75, 3.05) is 6.54 Å². The molecule has 0 radical (unpaired) electrons. The van der Waals surface area contributed by atoms with Crippen LogP contribution in [0.5, 0.6) is 0 Å². The minimum atomic E-state index is -0.108. The standard InChI is InChI=1S/C12H21N5O2/c1-8(2)17(6-5-11(13)15-19)12(18)10-7-9(3)14-16(10)4/h7-8,19H,5-6H2,1-4H3,(H2,13,15). The number of carbonyl (C=O) groups excluding carboxylic acids is 1. The number of rotatable bonds is 5. The van der Waals surface area contributed by atoms with Gasteiger partial charge < -0.3 is 15.8 Å². The van der Waals surface area contributed by atoms with E-state index < -0.39 is 0 Å². The molecule has 1 aromatic heterocycles. The number of amidine groups is 1. The van der Waals surface area contributed by atoms with Crippen LogP contribution in [0, 0.1) is 6.92 Å². The molecule has 0 aliphatic rings. The summed E-state index contributed by atoms with van der Waals surface area (Å²) in [7, 11) is 1.74. The number of nitrogens with zero attached hydrogens (tertiary/aromatic N) is 4. The van der Waals surface area contributed by atoms with Gasteiger partial charge in [-0.1, -0.05) is 5.16 Å². The number of hydrogen-bond acceptors (Lipinski definition) is 4. The maximum atomic E-state index is 12.4. The number of nitrogens with two attached hydrogens (primary N) is 1. The maximum Gasteiger partial charge on any atom is 0.272 e. The van der Waals surface area contributed by atoms with E-state index in [1.54, 1.807) is 22.7 Å². The number of oxime groups is 1. The van der Waals surface area contributed by atoms with Crippen LogP contribution in [0.25, 0.3) is 0 Å². The zero-order valence-corrected chi connectivity index (χ0v) is 11.8. The van der Waals surface area contributed by atoms with Gasteiger partial charge in [0.2, 0.25) is 0 Å². The summed E-state index contributed by atoms with van der Waals surface area (Å²) in [4.78, 5) is 14.1. The fourth-order valence-corrected chi connectivity index (χ4v) is 1.84. The Hall–Kier alpha value is -2.05.